The van der Waals surface area contributed by atoms with Crippen LogP contribution in [0.5, 0.6) is 5.75 Å². The minimum absolute atomic E-state index is 0.0690. The Bertz CT molecular complexity index is 856. The van der Waals surface area contributed by atoms with Gasteiger partial charge in [0.15, 0.2) is 11.6 Å². The highest BCUT2D eigenvalue weighted by molar-refractivity contribution is 7.07. The second-order valence-corrected chi connectivity index (χ2v) is 7.64. The molecule has 6 nitrogen and oxygen atoms in total. The Hall–Kier alpha value is -2.19. The average Bonchev–Trinajstić information content (AvgIpc) is 2.95. The molecular formula is C19H24FN3O3S. The predicted octanol–water partition coefficient (Wildman–Crippen LogP) is 2.15. The number of aromatic nitrogens is 1. The maximum absolute atomic E-state index is 13.8. The summed E-state index contributed by atoms with van der Waals surface area (Å²) in [4.78, 5) is 26.1. The number of carbonyl (C=O) groups is 1. The molecule has 0 unspecified atom stereocenters. The van der Waals surface area contributed by atoms with Crippen LogP contribution in [0.3, 0.4) is 0 Å². The zero-order valence-corrected chi connectivity index (χ0v) is 16.4. The van der Waals surface area contributed by atoms with Gasteiger partial charge in [-0.3, -0.25) is 19.1 Å². The fraction of sp³-hybridized carbons (Fsp3) is 0.474. The number of carbonyl (C=O) groups excluding carboxylic acids is 1. The van der Waals surface area contributed by atoms with Gasteiger partial charge >= 0.3 is 4.87 Å². The van der Waals surface area contributed by atoms with E-state index in [-0.39, 0.29) is 34.9 Å². The number of benzene rings is 1. The first-order valence-corrected chi connectivity index (χ1v) is 9.83. The Kier molecular flexibility index (Phi) is 6.28. The summed E-state index contributed by atoms with van der Waals surface area (Å²) in [6.07, 6.45) is 1.67. The van der Waals surface area contributed by atoms with Gasteiger partial charge < -0.3 is 10.1 Å². The Morgan fingerprint density at radius 1 is 1.37 bits per heavy atom. The molecule has 2 aromatic rings. The fourth-order valence-electron chi connectivity index (χ4n) is 3.31. The van der Waals surface area contributed by atoms with E-state index in [0.717, 1.165) is 48.5 Å². The summed E-state index contributed by atoms with van der Waals surface area (Å²) in [6, 6.07) is 5.13. The van der Waals surface area contributed by atoms with Crippen LogP contribution in [-0.4, -0.2) is 41.6 Å². The van der Waals surface area contributed by atoms with E-state index >= 15 is 0 Å². The van der Waals surface area contributed by atoms with Crippen LogP contribution in [0.25, 0.3) is 0 Å². The second-order valence-electron chi connectivity index (χ2n) is 6.82. The quantitative estimate of drug-likeness (QED) is 0.817. The Labute approximate surface area is 161 Å². The molecule has 1 saturated heterocycles. The normalized spacial score (nSPS) is 15.7. The number of amides is 1. The molecule has 1 fully saturated rings. The summed E-state index contributed by atoms with van der Waals surface area (Å²) < 4.78 is 20.2. The van der Waals surface area contributed by atoms with E-state index in [4.69, 9.17) is 4.74 Å². The summed E-state index contributed by atoms with van der Waals surface area (Å²) in [6.45, 7) is 4.22. The third-order valence-corrected chi connectivity index (χ3v) is 5.73. The number of ether oxygens (including phenoxy) is 1. The standard InChI is InChI=1S/C19H24FN3O3S/c1-13-12-27-19(25)23(13)11-18(24)21-15-5-7-22(8-6-15)10-14-3-4-17(26-2)16(20)9-14/h3-4,9,12,15H,5-8,10-11H2,1-2H3,(H,21,24). The third-order valence-electron chi connectivity index (χ3n) is 4.85. The average molecular weight is 393 g/mol. The lowest BCUT2D eigenvalue weighted by molar-refractivity contribution is -0.122. The van der Waals surface area contributed by atoms with Crippen molar-refractivity contribution in [1.82, 2.24) is 14.8 Å². The number of rotatable bonds is 6. The van der Waals surface area contributed by atoms with Crippen LogP contribution in [0.2, 0.25) is 0 Å². The molecule has 146 valence electrons. The van der Waals surface area contributed by atoms with E-state index in [1.54, 1.807) is 11.4 Å². The molecule has 1 amide bonds. The first kappa shape index (κ1) is 19.6. The minimum atomic E-state index is -0.351. The van der Waals surface area contributed by atoms with E-state index in [0.29, 0.717) is 6.54 Å². The van der Waals surface area contributed by atoms with Crippen LogP contribution >= 0.6 is 11.3 Å². The SMILES string of the molecule is COc1ccc(CN2CCC(NC(=O)Cn3c(C)csc3=O)CC2)cc1F. The van der Waals surface area contributed by atoms with Crippen molar-refractivity contribution in [3.63, 3.8) is 0 Å². The van der Waals surface area contributed by atoms with E-state index in [1.807, 2.05) is 13.0 Å². The molecule has 1 N–H and O–H groups in total. The molecule has 27 heavy (non-hydrogen) atoms. The van der Waals surface area contributed by atoms with Gasteiger partial charge in [0.25, 0.3) is 0 Å². The van der Waals surface area contributed by atoms with E-state index in [9.17, 15) is 14.0 Å². The van der Waals surface area contributed by atoms with Crippen molar-refractivity contribution in [1.29, 1.82) is 0 Å². The van der Waals surface area contributed by atoms with Crippen LogP contribution in [0.1, 0.15) is 24.1 Å². The Morgan fingerprint density at radius 2 is 2.11 bits per heavy atom. The molecule has 1 aliphatic heterocycles. The topological polar surface area (TPSA) is 63.6 Å². The number of methoxy groups -OCH3 is 1. The Balaban J connectivity index is 1.47. The van der Waals surface area contributed by atoms with Crippen LogP contribution in [0.4, 0.5) is 4.39 Å². The fourth-order valence-corrected chi connectivity index (χ4v) is 4.05. The lowest BCUT2D eigenvalue weighted by atomic mass is 10.0. The van der Waals surface area contributed by atoms with E-state index in [1.165, 1.54) is 17.7 Å². The molecule has 1 aromatic heterocycles. The van der Waals surface area contributed by atoms with Gasteiger partial charge in [-0.1, -0.05) is 17.4 Å². The predicted molar refractivity (Wildman–Crippen MR) is 103 cm³/mol. The highest BCUT2D eigenvalue weighted by atomic mass is 32.1. The van der Waals surface area contributed by atoms with Crippen molar-refractivity contribution in [3.8, 4) is 5.75 Å². The molecule has 0 atom stereocenters. The first-order chi connectivity index (χ1) is 13.0. The van der Waals surface area contributed by atoms with Gasteiger partial charge in [0.05, 0.1) is 7.11 Å². The molecule has 3 rings (SSSR count). The van der Waals surface area contributed by atoms with Crippen LogP contribution < -0.4 is 14.9 Å². The third kappa shape index (κ3) is 4.95. The van der Waals surface area contributed by atoms with Gasteiger partial charge in [0.1, 0.15) is 6.54 Å². The van der Waals surface area contributed by atoms with Crippen molar-refractivity contribution in [2.45, 2.75) is 38.9 Å². The first-order valence-electron chi connectivity index (χ1n) is 8.95. The zero-order valence-electron chi connectivity index (χ0n) is 15.5. The largest absolute Gasteiger partial charge is 0.494 e. The molecule has 8 heteroatoms. The molecule has 0 bridgehead atoms. The highest BCUT2D eigenvalue weighted by Crippen LogP contribution is 2.20. The molecule has 0 radical (unpaired) electrons. The molecule has 1 aromatic carbocycles. The maximum Gasteiger partial charge on any atom is 0.307 e. The van der Waals surface area contributed by atoms with Crippen molar-refractivity contribution in [3.05, 3.63) is 50.3 Å². The lowest BCUT2D eigenvalue weighted by Gasteiger charge is -2.32. The molecule has 0 spiro atoms. The Morgan fingerprint density at radius 3 is 2.70 bits per heavy atom. The smallest absolute Gasteiger partial charge is 0.307 e. The number of likely N-dealkylation sites (tertiary alicyclic amines) is 1. The number of piperidine rings is 1. The number of halogens is 1. The van der Waals surface area contributed by atoms with Gasteiger partial charge in [-0.05, 0) is 37.5 Å². The van der Waals surface area contributed by atoms with Crippen LogP contribution in [0, 0.1) is 12.7 Å². The highest BCUT2D eigenvalue weighted by Gasteiger charge is 2.21. The number of nitrogens with one attached hydrogen (secondary N) is 1. The van der Waals surface area contributed by atoms with E-state index in [2.05, 4.69) is 10.2 Å². The van der Waals surface area contributed by atoms with Crippen molar-refractivity contribution in [2.75, 3.05) is 20.2 Å². The summed E-state index contributed by atoms with van der Waals surface area (Å²) >= 11 is 1.11. The van der Waals surface area contributed by atoms with Crippen molar-refractivity contribution < 1.29 is 13.9 Å². The summed E-state index contributed by atoms with van der Waals surface area (Å²) in [7, 11) is 1.45. The van der Waals surface area contributed by atoms with E-state index < -0.39 is 0 Å². The van der Waals surface area contributed by atoms with Gasteiger partial charge in [-0.25, -0.2) is 4.39 Å². The molecular weight excluding hydrogens is 369 g/mol. The van der Waals surface area contributed by atoms with Crippen molar-refractivity contribution in [2.24, 2.45) is 0 Å². The lowest BCUT2D eigenvalue weighted by Crippen LogP contribution is -2.45. The molecule has 2 heterocycles. The van der Waals surface area contributed by atoms with Gasteiger partial charge in [-0.2, -0.15) is 0 Å². The maximum atomic E-state index is 13.8. The summed E-state index contributed by atoms with van der Waals surface area (Å²) in [5.74, 6) is -0.231. The zero-order chi connectivity index (χ0) is 19.4. The van der Waals surface area contributed by atoms with Gasteiger partial charge in [0, 0.05) is 36.8 Å². The number of aryl methyl sites for hydroxylation is 1. The summed E-state index contributed by atoms with van der Waals surface area (Å²) in [5, 5.41) is 4.78. The number of hydrogen-bond donors (Lipinski definition) is 1. The summed E-state index contributed by atoms with van der Waals surface area (Å²) in [5.41, 5.74) is 1.71. The number of hydrogen-bond acceptors (Lipinski definition) is 5. The van der Waals surface area contributed by atoms with Crippen LogP contribution in [0.15, 0.2) is 28.4 Å². The number of nitrogens with zero attached hydrogens (tertiary/aromatic N) is 2. The van der Waals surface area contributed by atoms with Crippen molar-refractivity contribution >= 4 is 17.2 Å². The second kappa shape index (κ2) is 8.67. The van der Waals surface area contributed by atoms with Gasteiger partial charge in [0.2, 0.25) is 5.91 Å². The molecule has 0 saturated carbocycles. The molecule has 1 aliphatic rings. The minimum Gasteiger partial charge on any atom is -0.494 e. The van der Waals surface area contributed by atoms with Gasteiger partial charge in [-0.15, -0.1) is 0 Å². The monoisotopic (exact) mass is 393 g/mol. The molecule has 0 aliphatic carbocycles. The number of thiazole rings is 1. The van der Waals surface area contributed by atoms with Crippen LogP contribution in [-0.2, 0) is 17.9 Å².